The van der Waals surface area contributed by atoms with E-state index in [4.69, 9.17) is 11.6 Å². The highest BCUT2D eigenvalue weighted by atomic mass is 35.5. The number of rotatable bonds is 3. The third-order valence-electron chi connectivity index (χ3n) is 2.80. The molecule has 0 bridgehead atoms. The fourth-order valence-electron chi connectivity index (χ4n) is 1.70. The van der Waals surface area contributed by atoms with E-state index in [0.717, 1.165) is 12.1 Å². The van der Waals surface area contributed by atoms with E-state index in [9.17, 15) is 24.1 Å². The molecule has 0 spiro atoms. The second kappa shape index (κ2) is 7.38. The van der Waals surface area contributed by atoms with Gasteiger partial charge in [-0.1, -0.05) is 11.6 Å². The number of anilines is 1. The Bertz CT molecular complexity index is 798. The number of nitro groups is 1. The molecule has 10 heteroatoms. The van der Waals surface area contributed by atoms with E-state index in [2.05, 4.69) is 10.7 Å². The standard InChI is InChI=1S/C14H10ClFN4O4/c15-9-3-1-8(2-4-9)13(21)18-19-14(22)17-11-6-5-10(16)7-12(11)20(23)24/h1-7H,(H,18,21)(H2,17,19,22). The van der Waals surface area contributed by atoms with Gasteiger partial charge in [-0.15, -0.1) is 0 Å². The predicted octanol–water partition coefficient (Wildman–Crippen LogP) is 2.85. The quantitative estimate of drug-likeness (QED) is 0.582. The zero-order chi connectivity index (χ0) is 17.7. The van der Waals surface area contributed by atoms with Crippen LogP contribution >= 0.6 is 11.6 Å². The molecule has 2 rings (SSSR count). The number of hydrogen-bond donors (Lipinski definition) is 3. The average molecular weight is 353 g/mol. The van der Waals surface area contributed by atoms with Crippen LogP contribution in [-0.4, -0.2) is 16.9 Å². The van der Waals surface area contributed by atoms with E-state index >= 15 is 0 Å². The summed E-state index contributed by atoms with van der Waals surface area (Å²) in [6, 6.07) is 7.61. The van der Waals surface area contributed by atoms with Crippen LogP contribution in [0.2, 0.25) is 5.02 Å². The molecule has 2 aromatic carbocycles. The Balaban J connectivity index is 1.98. The Labute approximate surface area is 139 Å². The molecule has 0 unspecified atom stereocenters. The normalized spacial score (nSPS) is 9.92. The summed E-state index contributed by atoms with van der Waals surface area (Å²) < 4.78 is 13.0. The van der Waals surface area contributed by atoms with Crippen molar-refractivity contribution in [2.24, 2.45) is 0 Å². The smallest absolute Gasteiger partial charge is 0.301 e. The Morgan fingerprint density at radius 2 is 1.75 bits per heavy atom. The molecule has 3 amide bonds. The lowest BCUT2D eigenvalue weighted by Gasteiger charge is -2.09. The highest BCUT2D eigenvalue weighted by Gasteiger charge is 2.17. The predicted molar refractivity (Wildman–Crippen MR) is 84.1 cm³/mol. The molecule has 0 fully saturated rings. The van der Waals surface area contributed by atoms with Gasteiger partial charge in [0.2, 0.25) is 0 Å². The third kappa shape index (κ3) is 4.40. The lowest BCUT2D eigenvalue weighted by atomic mass is 10.2. The Morgan fingerprint density at radius 3 is 2.38 bits per heavy atom. The van der Waals surface area contributed by atoms with E-state index < -0.39 is 28.4 Å². The molecule has 0 heterocycles. The number of urea groups is 1. The Morgan fingerprint density at radius 1 is 1.08 bits per heavy atom. The van der Waals surface area contributed by atoms with Crippen LogP contribution in [0.5, 0.6) is 0 Å². The number of nitrogens with zero attached hydrogens (tertiary/aromatic N) is 1. The summed E-state index contributed by atoms with van der Waals surface area (Å²) in [4.78, 5) is 33.4. The van der Waals surface area contributed by atoms with Crippen molar-refractivity contribution < 1.29 is 18.9 Å². The highest BCUT2D eigenvalue weighted by Crippen LogP contribution is 2.24. The van der Waals surface area contributed by atoms with Gasteiger partial charge in [0, 0.05) is 10.6 Å². The molecule has 24 heavy (non-hydrogen) atoms. The maximum Gasteiger partial charge on any atom is 0.338 e. The first kappa shape index (κ1) is 17.2. The lowest BCUT2D eigenvalue weighted by Crippen LogP contribution is -2.43. The number of hydrogen-bond acceptors (Lipinski definition) is 4. The molecule has 0 saturated carbocycles. The fourth-order valence-corrected chi connectivity index (χ4v) is 1.83. The number of nitro benzene ring substituents is 1. The van der Waals surface area contributed by atoms with Crippen LogP contribution in [0.1, 0.15) is 10.4 Å². The second-order valence-corrected chi connectivity index (χ2v) is 4.90. The highest BCUT2D eigenvalue weighted by molar-refractivity contribution is 6.30. The molecule has 0 aromatic heterocycles. The van der Waals surface area contributed by atoms with E-state index in [1.54, 1.807) is 0 Å². The average Bonchev–Trinajstić information content (AvgIpc) is 2.54. The zero-order valence-electron chi connectivity index (χ0n) is 11.9. The van der Waals surface area contributed by atoms with E-state index in [0.29, 0.717) is 11.1 Å². The summed E-state index contributed by atoms with van der Waals surface area (Å²) in [5.74, 6) is -1.43. The van der Waals surface area contributed by atoms with Gasteiger partial charge in [-0.25, -0.2) is 14.6 Å². The summed E-state index contributed by atoms with van der Waals surface area (Å²) in [5, 5.41) is 13.4. The van der Waals surface area contributed by atoms with Gasteiger partial charge in [0.15, 0.2) is 0 Å². The lowest BCUT2D eigenvalue weighted by molar-refractivity contribution is -0.384. The van der Waals surface area contributed by atoms with Crippen molar-refractivity contribution in [3.8, 4) is 0 Å². The minimum Gasteiger partial charge on any atom is -0.301 e. The fraction of sp³-hybridized carbons (Fsp3) is 0. The molecular formula is C14H10ClFN4O4. The number of carbonyl (C=O) groups is 2. The summed E-state index contributed by atoms with van der Waals surface area (Å²) in [7, 11) is 0. The molecule has 0 atom stereocenters. The van der Waals surface area contributed by atoms with Crippen molar-refractivity contribution in [1.29, 1.82) is 0 Å². The number of benzene rings is 2. The van der Waals surface area contributed by atoms with Crippen LogP contribution in [0.25, 0.3) is 0 Å². The molecular weight excluding hydrogens is 343 g/mol. The van der Waals surface area contributed by atoms with Crippen LogP contribution in [0.4, 0.5) is 20.6 Å². The van der Waals surface area contributed by atoms with Crippen LogP contribution < -0.4 is 16.2 Å². The molecule has 0 aliphatic heterocycles. The van der Waals surface area contributed by atoms with Gasteiger partial charge < -0.3 is 5.32 Å². The summed E-state index contributed by atoms with van der Waals surface area (Å²) in [6.07, 6.45) is 0. The van der Waals surface area contributed by atoms with Crippen molar-refractivity contribution in [2.45, 2.75) is 0 Å². The van der Waals surface area contributed by atoms with Crippen molar-refractivity contribution in [3.05, 3.63) is 69.0 Å². The second-order valence-electron chi connectivity index (χ2n) is 4.46. The molecule has 0 aliphatic rings. The van der Waals surface area contributed by atoms with Gasteiger partial charge in [-0.2, -0.15) is 0 Å². The van der Waals surface area contributed by atoms with Gasteiger partial charge in [0.1, 0.15) is 11.5 Å². The first-order chi connectivity index (χ1) is 11.4. The van der Waals surface area contributed by atoms with Crippen LogP contribution in [0.15, 0.2) is 42.5 Å². The van der Waals surface area contributed by atoms with Crippen molar-refractivity contribution in [2.75, 3.05) is 5.32 Å². The van der Waals surface area contributed by atoms with Crippen LogP contribution in [-0.2, 0) is 0 Å². The number of hydrazine groups is 1. The van der Waals surface area contributed by atoms with Crippen molar-refractivity contribution in [3.63, 3.8) is 0 Å². The largest absolute Gasteiger partial charge is 0.338 e. The number of halogens is 2. The first-order valence-corrected chi connectivity index (χ1v) is 6.81. The maximum absolute atomic E-state index is 13.0. The maximum atomic E-state index is 13.0. The summed E-state index contributed by atoms with van der Waals surface area (Å²) in [5.41, 5.74) is 3.54. The van der Waals surface area contributed by atoms with Gasteiger partial charge in [0.05, 0.1) is 11.0 Å². The van der Waals surface area contributed by atoms with E-state index in [1.165, 1.54) is 24.3 Å². The molecule has 0 saturated heterocycles. The van der Waals surface area contributed by atoms with Gasteiger partial charge >= 0.3 is 6.03 Å². The number of carbonyl (C=O) groups excluding carboxylic acids is 2. The number of nitrogens with one attached hydrogen (secondary N) is 3. The van der Waals surface area contributed by atoms with Crippen molar-refractivity contribution >= 4 is 34.9 Å². The molecule has 0 aliphatic carbocycles. The van der Waals surface area contributed by atoms with Gasteiger partial charge in [0.25, 0.3) is 11.6 Å². The topological polar surface area (TPSA) is 113 Å². The minimum atomic E-state index is -0.938. The first-order valence-electron chi connectivity index (χ1n) is 6.43. The summed E-state index contributed by atoms with van der Waals surface area (Å²) >= 11 is 5.69. The SMILES string of the molecule is O=C(NNC(=O)c1ccc(Cl)cc1)Nc1ccc(F)cc1[N+](=O)[O-]. The van der Waals surface area contributed by atoms with E-state index in [-0.39, 0.29) is 11.3 Å². The number of amides is 3. The minimum absolute atomic E-state index is 0.223. The van der Waals surface area contributed by atoms with Gasteiger partial charge in [-0.3, -0.25) is 20.3 Å². The Kier molecular flexibility index (Phi) is 5.27. The molecule has 8 nitrogen and oxygen atoms in total. The van der Waals surface area contributed by atoms with Crippen molar-refractivity contribution in [1.82, 2.24) is 10.9 Å². The molecule has 124 valence electrons. The Hall–Kier alpha value is -3.20. The molecule has 0 radical (unpaired) electrons. The van der Waals surface area contributed by atoms with Gasteiger partial charge in [-0.05, 0) is 36.4 Å². The van der Waals surface area contributed by atoms with Crippen LogP contribution in [0.3, 0.4) is 0 Å². The molecule has 3 N–H and O–H groups in total. The third-order valence-corrected chi connectivity index (χ3v) is 3.05. The van der Waals surface area contributed by atoms with E-state index in [1.807, 2.05) is 5.43 Å². The van der Waals surface area contributed by atoms with Crippen LogP contribution in [0, 0.1) is 15.9 Å². The molecule has 2 aromatic rings. The zero-order valence-corrected chi connectivity index (χ0v) is 12.6. The summed E-state index contributed by atoms with van der Waals surface area (Å²) in [6.45, 7) is 0. The monoisotopic (exact) mass is 352 g/mol.